The standard InChI is InChI=1S/C35H54O6/c1-4-34(36)40-20-25-10-8-24(9-11-25)17-39-22-30-15-29-16-32(30)33-14-28(13-31(29)33)19-38-18-26-6-5-7-27(12-26)21-41-35(37)23(2)3/h4,24-33H,1-2,5-22H2,3H3. The maximum atomic E-state index is 11.7. The molecule has 2 bridgehead atoms. The predicted molar refractivity (Wildman–Crippen MR) is 159 cm³/mol. The number of rotatable bonds is 14. The van der Waals surface area contributed by atoms with E-state index in [1.165, 1.54) is 57.4 Å². The number of hydrogen-bond acceptors (Lipinski definition) is 6. The van der Waals surface area contributed by atoms with Gasteiger partial charge in [0.15, 0.2) is 0 Å². The molecule has 0 aromatic carbocycles. The van der Waals surface area contributed by atoms with Gasteiger partial charge < -0.3 is 18.9 Å². The molecule has 6 nitrogen and oxygen atoms in total. The van der Waals surface area contributed by atoms with E-state index in [0.29, 0.717) is 42.5 Å². The highest BCUT2D eigenvalue weighted by molar-refractivity contribution is 5.86. The number of ether oxygens (including phenoxy) is 4. The minimum Gasteiger partial charge on any atom is -0.462 e. The summed E-state index contributed by atoms with van der Waals surface area (Å²) in [7, 11) is 0. The van der Waals surface area contributed by atoms with Crippen molar-refractivity contribution in [2.24, 2.45) is 59.2 Å². The second-order valence-corrected chi connectivity index (χ2v) is 14.4. The SMILES string of the molecule is C=CC(=O)OCC1CCC(COCC2CC3CC2C2CC(COCC4CCCC(COC(=O)C(=C)C)C4)CC32)CC1. The summed E-state index contributed by atoms with van der Waals surface area (Å²) in [5.74, 6) is 6.74. The molecule has 0 aromatic rings. The van der Waals surface area contributed by atoms with E-state index in [0.717, 1.165) is 87.6 Å². The van der Waals surface area contributed by atoms with E-state index in [2.05, 4.69) is 13.2 Å². The molecule has 0 saturated heterocycles. The number of carbonyl (C=O) groups is 2. The van der Waals surface area contributed by atoms with Crippen LogP contribution in [0, 0.1) is 59.2 Å². The van der Waals surface area contributed by atoms with Crippen molar-refractivity contribution in [3.8, 4) is 0 Å². The molecule has 5 rings (SSSR count). The van der Waals surface area contributed by atoms with E-state index in [4.69, 9.17) is 18.9 Å². The van der Waals surface area contributed by atoms with Crippen LogP contribution in [0.3, 0.4) is 0 Å². The lowest BCUT2D eigenvalue weighted by molar-refractivity contribution is -0.141. The largest absolute Gasteiger partial charge is 0.462 e. The van der Waals surface area contributed by atoms with Crippen molar-refractivity contribution in [1.29, 1.82) is 0 Å². The number of fused-ring (bicyclic) bond motifs is 5. The summed E-state index contributed by atoms with van der Waals surface area (Å²) in [6.45, 7) is 13.6. The van der Waals surface area contributed by atoms with E-state index in [1.54, 1.807) is 6.92 Å². The second kappa shape index (κ2) is 14.7. The van der Waals surface area contributed by atoms with Crippen molar-refractivity contribution in [1.82, 2.24) is 0 Å². The fourth-order valence-corrected chi connectivity index (χ4v) is 9.29. The Hall–Kier alpha value is -1.66. The molecule has 0 amide bonds. The third kappa shape index (κ3) is 8.25. The van der Waals surface area contributed by atoms with Gasteiger partial charge in [0, 0.05) is 38.1 Å². The first-order chi connectivity index (χ1) is 19.9. The van der Waals surface area contributed by atoms with Crippen LogP contribution in [0.5, 0.6) is 0 Å². The third-order valence-corrected chi connectivity index (χ3v) is 11.4. The third-order valence-electron chi connectivity index (χ3n) is 11.4. The summed E-state index contributed by atoms with van der Waals surface area (Å²) in [6, 6.07) is 0. The van der Waals surface area contributed by atoms with Gasteiger partial charge in [-0.3, -0.25) is 0 Å². The van der Waals surface area contributed by atoms with Gasteiger partial charge in [0.1, 0.15) is 0 Å². The van der Waals surface area contributed by atoms with Crippen molar-refractivity contribution in [2.75, 3.05) is 39.6 Å². The van der Waals surface area contributed by atoms with Crippen LogP contribution >= 0.6 is 0 Å². The molecule has 0 spiro atoms. The Morgan fingerprint density at radius 2 is 1.27 bits per heavy atom. The maximum Gasteiger partial charge on any atom is 0.333 e. The molecule has 5 saturated carbocycles. The minimum atomic E-state index is -0.306. The molecule has 230 valence electrons. The van der Waals surface area contributed by atoms with Crippen molar-refractivity contribution in [2.45, 2.75) is 84.0 Å². The van der Waals surface area contributed by atoms with Gasteiger partial charge in [0.05, 0.1) is 13.2 Å². The van der Waals surface area contributed by atoms with Crippen LogP contribution in [0.4, 0.5) is 0 Å². The van der Waals surface area contributed by atoms with E-state index in [9.17, 15) is 9.59 Å². The molecule has 8 atom stereocenters. The van der Waals surface area contributed by atoms with Crippen LogP contribution in [0.15, 0.2) is 24.8 Å². The highest BCUT2D eigenvalue weighted by Crippen LogP contribution is 2.62. The lowest BCUT2D eigenvalue weighted by Crippen LogP contribution is -2.28. The Balaban J connectivity index is 0.946. The van der Waals surface area contributed by atoms with Crippen molar-refractivity contribution in [3.63, 3.8) is 0 Å². The van der Waals surface area contributed by atoms with E-state index < -0.39 is 0 Å². The monoisotopic (exact) mass is 570 g/mol. The lowest BCUT2D eigenvalue weighted by atomic mass is 9.76. The summed E-state index contributed by atoms with van der Waals surface area (Å²) in [4.78, 5) is 23.1. The molecular formula is C35H54O6. The average molecular weight is 571 g/mol. The fraction of sp³-hybridized carbons (Fsp3) is 0.829. The Morgan fingerprint density at radius 1 is 0.659 bits per heavy atom. The van der Waals surface area contributed by atoms with Gasteiger partial charge in [0.25, 0.3) is 0 Å². The van der Waals surface area contributed by atoms with Gasteiger partial charge in [-0.25, -0.2) is 9.59 Å². The Kier molecular flexibility index (Phi) is 11.0. The molecule has 6 heteroatoms. The van der Waals surface area contributed by atoms with Gasteiger partial charge in [-0.05, 0) is 137 Å². The van der Waals surface area contributed by atoms with Crippen molar-refractivity contribution < 1.29 is 28.5 Å². The molecular weight excluding hydrogens is 516 g/mol. The van der Waals surface area contributed by atoms with Gasteiger partial charge in [0.2, 0.25) is 0 Å². The van der Waals surface area contributed by atoms with Crippen LogP contribution in [0.2, 0.25) is 0 Å². The summed E-state index contributed by atoms with van der Waals surface area (Å²) in [5, 5.41) is 0. The maximum absolute atomic E-state index is 11.7. The van der Waals surface area contributed by atoms with Gasteiger partial charge in [-0.2, -0.15) is 0 Å². The first kappa shape index (κ1) is 30.8. The molecule has 41 heavy (non-hydrogen) atoms. The highest BCUT2D eigenvalue weighted by Gasteiger charge is 2.55. The van der Waals surface area contributed by atoms with Gasteiger partial charge in [-0.15, -0.1) is 0 Å². The smallest absolute Gasteiger partial charge is 0.333 e. The average Bonchev–Trinajstić information content (AvgIpc) is 3.68. The molecule has 8 unspecified atom stereocenters. The van der Waals surface area contributed by atoms with E-state index >= 15 is 0 Å². The van der Waals surface area contributed by atoms with E-state index in [-0.39, 0.29) is 11.9 Å². The molecule has 0 aromatic heterocycles. The van der Waals surface area contributed by atoms with Crippen molar-refractivity contribution >= 4 is 11.9 Å². The minimum absolute atomic E-state index is 0.262. The van der Waals surface area contributed by atoms with Crippen LogP contribution in [0.25, 0.3) is 0 Å². The van der Waals surface area contributed by atoms with Crippen LogP contribution < -0.4 is 0 Å². The molecule has 5 aliphatic rings. The lowest BCUT2D eigenvalue weighted by Gasteiger charge is -2.32. The molecule has 0 aliphatic heterocycles. The molecule has 0 radical (unpaired) electrons. The number of carbonyl (C=O) groups excluding carboxylic acids is 2. The fourth-order valence-electron chi connectivity index (χ4n) is 9.29. The zero-order valence-corrected chi connectivity index (χ0v) is 25.4. The Labute approximate surface area is 248 Å². The van der Waals surface area contributed by atoms with Crippen LogP contribution in [0.1, 0.15) is 84.0 Å². The first-order valence-electron chi connectivity index (χ1n) is 16.7. The summed E-state index contributed by atoms with van der Waals surface area (Å²) < 4.78 is 23.4. The zero-order valence-electron chi connectivity index (χ0n) is 25.4. The molecule has 0 N–H and O–H groups in total. The summed E-state index contributed by atoms with van der Waals surface area (Å²) in [6.07, 6.45) is 16.1. The summed E-state index contributed by atoms with van der Waals surface area (Å²) >= 11 is 0. The molecule has 5 aliphatic carbocycles. The van der Waals surface area contributed by atoms with Gasteiger partial charge >= 0.3 is 11.9 Å². The predicted octanol–water partition coefficient (Wildman–Crippen LogP) is 6.78. The highest BCUT2D eigenvalue weighted by atomic mass is 16.5. The second-order valence-electron chi connectivity index (χ2n) is 14.4. The number of hydrogen-bond donors (Lipinski definition) is 0. The van der Waals surface area contributed by atoms with Crippen LogP contribution in [-0.2, 0) is 28.5 Å². The number of esters is 2. The van der Waals surface area contributed by atoms with Crippen LogP contribution in [-0.4, -0.2) is 51.6 Å². The normalized spacial score (nSPS) is 37.9. The molecule has 5 fully saturated rings. The van der Waals surface area contributed by atoms with Crippen molar-refractivity contribution in [3.05, 3.63) is 24.8 Å². The quantitative estimate of drug-likeness (QED) is 0.169. The van der Waals surface area contributed by atoms with Gasteiger partial charge in [-0.1, -0.05) is 19.6 Å². The first-order valence-corrected chi connectivity index (χ1v) is 16.7. The summed E-state index contributed by atoms with van der Waals surface area (Å²) in [5.41, 5.74) is 0.481. The topological polar surface area (TPSA) is 71.1 Å². The zero-order chi connectivity index (χ0) is 28.8. The van der Waals surface area contributed by atoms with E-state index in [1.807, 2.05) is 0 Å². The molecule has 0 heterocycles. The Morgan fingerprint density at radius 3 is 2.00 bits per heavy atom. The Bertz CT molecular complexity index is 906.